The first kappa shape index (κ1) is 16.1. The number of fused-ring (bicyclic) bond motifs is 3. The lowest BCUT2D eigenvalue weighted by molar-refractivity contribution is -0.433. The second-order valence-corrected chi connectivity index (χ2v) is 8.44. The number of hydrogen-bond acceptors (Lipinski definition) is 2. The summed E-state index contributed by atoms with van der Waals surface area (Å²) in [5.74, 6) is -0.208. The summed E-state index contributed by atoms with van der Waals surface area (Å²) in [6.07, 6.45) is 2.55. The third kappa shape index (κ3) is 3.16. The third-order valence-corrected chi connectivity index (χ3v) is 5.19. The van der Waals surface area contributed by atoms with E-state index in [4.69, 9.17) is 4.55 Å². The van der Waals surface area contributed by atoms with E-state index in [0.717, 1.165) is 5.69 Å². The van der Waals surface area contributed by atoms with E-state index in [-0.39, 0.29) is 11.2 Å². The Balaban J connectivity index is 2.01. The zero-order valence-corrected chi connectivity index (χ0v) is 14.5. The maximum Gasteiger partial charge on any atom is 0.265 e. The second-order valence-electron chi connectivity index (χ2n) is 6.87. The molecule has 122 valence electrons. The van der Waals surface area contributed by atoms with Crippen molar-refractivity contribution in [3.8, 4) is 0 Å². The van der Waals surface area contributed by atoms with Crippen LogP contribution in [0.4, 0.5) is 5.69 Å². The quantitative estimate of drug-likeness (QED) is 0.689. The van der Waals surface area contributed by atoms with Gasteiger partial charge in [-0.25, -0.2) is 4.58 Å². The Labute approximate surface area is 137 Å². The lowest BCUT2D eigenvalue weighted by atomic mass is 9.83. The molecule has 2 aromatic carbocycles. The maximum atomic E-state index is 10.9. The van der Waals surface area contributed by atoms with E-state index in [9.17, 15) is 8.42 Å². The van der Waals surface area contributed by atoms with Gasteiger partial charge in [0.2, 0.25) is 5.69 Å². The summed E-state index contributed by atoms with van der Waals surface area (Å²) in [5, 5.41) is 2.47. The summed E-state index contributed by atoms with van der Waals surface area (Å²) in [6, 6.07) is 10.7. The second kappa shape index (κ2) is 5.42. The SMILES string of the molecule is Cc1ccc2c3c(ccc2c1)[N+](CCCS(=O)(=O)O)=CC3(C)C. The molecule has 23 heavy (non-hydrogen) atoms. The van der Waals surface area contributed by atoms with Gasteiger partial charge in [-0.15, -0.1) is 0 Å². The molecule has 0 fully saturated rings. The normalized spacial score (nSPS) is 16.4. The van der Waals surface area contributed by atoms with Crippen LogP contribution in [0.3, 0.4) is 0 Å². The number of benzene rings is 2. The molecule has 0 atom stereocenters. The molecule has 0 unspecified atom stereocenters. The van der Waals surface area contributed by atoms with Crippen LogP contribution in [0.1, 0.15) is 31.4 Å². The highest BCUT2D eigenvalue weighted by Crippen LogP contribution is 2.41. The van der Waals surface area contributed by atoms with E-state index in [1.165, 1.54) is 21.9 Å². The molecule has 0 saturated heterocycles. The highest BCUT2D eigenvalue weighted by atomic mass is 32.2. The Morgan fingerprint density at radius 3 is 2.61 bits per heavy atom. The molecule has 1 aliphatic heterocycles. The minimum absolute atomic E-state index is 0.109. The van der Waals surface area contributed by atoms with Gasteiger partial charge in [-0.3, -0.25) is 4.55 Å². The highest BCUT2D eigenvalue weighted by molar-refractivity contribution is 7.85. The molecular weight excluding hydrogens is 310 g/mol. The van der Waals surface area contributed by atoms with Crippen LogP contribution in [0, 0.1) is 6.92 Å². The highest BCUT2D eigenvalue weighted by Gasteiger charge is 2.38. The van der Waals surface area contributed by atoms with E-state index in [1.807, 2.05) is 0 Å². The largest absolute Gasteiger partial charge is 0.286 e. The molecule has 0 aliphatic carbocycles. The molecule has 0 bridgehead atoms. The average molecular weight is 332 g/mol. The number of rotatable bonds is 4. The van der Waals surface area contributed by atoms with E-state index in [0.29, 0.717) is 13.0 Å². The monoisotopic (exact) mass is 332 g/mol. The predicted octanol–water partition coefficient (Wildman–Crippen LogP) is 3.43. The fourth-order valence-electron chi connectivity index (χ4n) is 3.48. The zero-order valence-electron chi connectivity index (χ0n) is 13.7. The Hall–Kier alpha value is -1.72. The van der Waals surface area contributed by atoms with Crippen molar-refractivity contribution in [2.45, 2.75) is 32.6 Å². The van der Waals surface area contributed by atoms with E-state index in [2.05, 4.69) is 61.9 Å². The van der Waals surface area contributed by atoms with Crippen molar-refractivity contribution >= 4 is 32.8 Å². The van der Waals surface area contributed by atoms with Crippen LogP contribution >= 0.6 is 0 Å². The topological polar surface area (TPSA) is 57.4 Å². The molecule has 1 aliphatic rings. The van der Waals surface area contributed by atoms with Gasteiger partial charge in [0.1, 0.15) is 6.54 Å². The summed E-state index contributed by atoms with van der Waals surface area (Å²) in [6.45, 7) is 7.01. The first-order valence-corrected chi connectivity index (χ1v) is 9.40. The fourth-order valence-corrected chi connectivity index (χ4v) is 3.97. The number of nitrogens with zero attached hydrogens (tertiary/aromatic N) is 1. The van der Waals surface area contributed by atoms with Crippen LogP contribution in [0.25, 0.3) is 10.8 Å². The van der Waals surface area contributed by atoms with Crippen LogP contribution in [0.2, 0.25) is 0 Å². The van der Waals surface area contributed by atoms with Crippen LogP contribution in [-0.4, -0.2) is 36.1 Å². The third-order valence-electron chi connectivity index (χ3n) is 4.39. The Bertz CT molecular complexity index is 911. The molecule has 0 amide bonds. The first-order chi connectivity index (χ1) is 10.7. The van der Waals surface area contributed by atoms with Gasteiger partial charge < -0.3 is 0 Å². The van der Waals surface area contributed by atoms with Gasteiger partial charge in [0.05, 0.1) is 11.2 Å². The smallest absolute Gasteiger partial charge is 0.265 e. The first-order valence-electron chi connectivity index (χ1n) is 7.79. The lowest BCUT2D eigenvalue weighted by Crippen LogP contribution is -2.18. The summed E-state index contributed by atoms with van der Waals surface area (Å²) < 4.78 is 32.8. The zero-order chi connectivity index (χ0) is 16.8. The van der Waals surface area contributed by atoms with E-state index < -0.39 is 10.1 Å². The minimum atomic E-state index is -3.90. The van der Waals surface area contributed by atoms with E-state index in [1.54, 1.807) is 0 Å². The van der Waals surface area contributed by atoms with Crippen molar-refractivity contribution in [3.63, 3.8) is 0 Å². The summed E-state index contributed by atoms with van der Waals surface area (Å²) in [4.78, 5) is 0. The van der Waals surface area contributed by atoms with Crippen molar-refractivity contribution in [1.82, 2.24) is 0 Å². The van der Waals surface area contributed by atoms with Crippen molar-refractivity contribution in [2.75, 3.05) is 12.3 Å². The van der Waals surface area contributed by atoms with Crippen LogP contribution in [0.5, 0.6) is 0 Å². The standard InChI is InChI=1S/C18H21NO3S/c1-13-5-7-15-14(11-13)6-8-16-17(15)18(2,3)12-19(16)9-4-10-23(20,21)22/h5-8,11-12H,4,9-10H2,1-3H3/p+1. The maximum absolute atomic E-state index is 10.9. The van der Waals surface area contributed by atoms with Crippen LogP contribution in [0.15, 0.2) is 30.3 Å². The Kier molecular flexibility index (Phi) is 3.81. The van der Waals surface area contributed by atoms with Crippen molar-refractivity contribution in [2.24, 2.45) is 0 Å². The average Bonchev–Trinajstić information content (AvgIpc) is 2.68. The predicted molar refractivity (Wildman–Crippen MR) is 93.6 cm³/mol. The van der Waals surface area contributed by atoms with Gasteiger partial charge in [0, 0.05) is 18.1 Å². The van der Waals surface area contributed by atoms with Crippen LogP contribution in [-0.2, 0) is 15.5 Å². The van der Waals surface area contributed by atoms with Crippen molar-refractivity contribution in [3.05, 3.63) is 41.5 Å². The molecule has 3 rings (SSSR count). The lowest BCUT2D eigenvalue weighted by Gasteiger charge is -2.14. The van der Waals surface area contributed by atoms with Gasteiger partial charge in [0.25, 0.3) is 10.1 Å². The fraction of sp³-hybridized carbons (Fsp3) is 0.389. The van der Waals surface area contributed by atoms with E-state index >= 15 is 0 Å². The van der Waals surface area contributed by atoms with Gasteiger partial charge in [-0.1, -0.05) is 23.8 Å². The molecule has 1 N–H and O–H groups in total. The summed E-state index contributed by atoms with van der Waals surface area (Å²) >= 11 is 0. The Morgan fingerprint density at radius 1 is 1.17 bits per heavy atom. The Morgan fingerprint density at radius 2 is 1.91 bits per heavy atom. The van der Waals surface area contributed by atoms with Gasteiger partial charge >= 0.3 is 0 Å². The van der Waals surface area contributed by atoms with Gasteiger partial charge in [-0.05, 0) is 37.6 Å². The molecule has 5 heteroatoms. The summed E-state index contributed by atoms with van der Waals surface area (Å²) in [5.41, 5.74) is 3.54. The molecule has 1 heterocycles. The van der Waals surface area contributed by atoms with Crippen LogP contribution < -0.4 is 0 Å². The molecule has 4 nitrogen and oxygen atoms in total. The van der Waals surface area contributed by atoms with Crippen molar-refractivity contribution in [1.29, 1.82) is 0 Å². The molecule has 0 radical (unpaired) electrons. The number of hydrogen-bond donors (Lipinski definition) is 1. The molecule has 0 spiro atoms. The molecule has 0 aromatic heterocycles. The molecular formula is C18H22NO3S+. The van der Waals surface area contributed by atoms with Gasteiger partial charge in [0.15, 0.2) is 6.21 Å². The summed E-state index contributed by atoms with van der Waals surface area (Å²) in [7, 11) is -3.90. The van der Waals surface area contributed by atoms with Gasteiger partial charge in [-0.2, -0.15) is 8.42 Å². The van der Waals surface area contributed by atoms with Crippen molar-refractivity contribution < 1.29 is 17.5 Å². The minimum Gasteiger partial charge on any atom is -0.286 e. The molecule has 0 saturated carbocycles. The number of aryl methyl sites for hydroxylation is 1. The molecule has 2 aromatic rings.